The summed E-state index contributed by atoms with van der Waals surface area (Å²) in [7, 11) is 0. The molecule has 2 aliphatic rings. The van der Waals surface area contributed by atoms with Crippen molar-refractivity contribution in [2.45, 2.75) is 12.6 Å². The minimum absolute atomic E-state index is 0.456. The Balaban J connectivity index is 1.41. The summed E-state index contributed by atoms with van der Waals surface area (Å²) < 4.78 is 5.44. The first-order valence-electron chi connectivity index (χ1n) is 11.0. The van der Waals surface area contributed by atoms with E-state index in [1.807, 2.05) is 18.2 Å². The van der Waals surface area contributed by atoms with Crippen LogP contribution in [0.3, 0.4) is 0 Å². The number of carbonyl (C=O) groups is 1. The third-order valence-corrected chi connectivity index (χ3v) is 5.93. The van der Waals surface area contributed by atoms with Crippen LogP contribution in [0, 0.1) is 0 Å². The molecule has 3 aromatic rings. The maximum atomic E-state index is 11.7. The van der Waals surface area contributed by atoms with Crippen LogP contribution < -0.4 is 21.3 Å². The topological polar surface area (TPSA) is 105 Å². The highest BCUT2D eigenvalue weighted by Crippen LogP contribution is 2.32. The fourth-order valence-electron chi connectivity index (χ4n) is 4.14. The molecule has 1 saturated heterocycles. The Bertz CT molecular complexity index is 1150. The van der Waals surface area contributed by atoms with Crippen LogP contribution in [0.5, 0.6) is 0 Å². The van der Waals surface area contributed by atoms with E-state index >= 15 is 0 Å². The van der Waals surface area contributed by atoms with Crippen LogP contribution in [0.15, 0.2) is 54.9 Å². The van der Waals surface area contributed by atoms with Crippen molar-refractivity contribution in [1.82, 2.24) is 15.3 Å². The Hall–Kier alpha value is -3.91. The number of aromatic nitrogens is 2. The zero-order valence-electron chi connectivity index (χ0n) is 18.2. The maximum Gasteiger partial charge on any atom is 0.146 e. The molecule has 0 saturated carbocycles. The number of nitrogens with one attached hydrogen (secondary N) is 2. The number of ether oxygens (including phenoxy) is 1. The van der Waals surface area contributed by atoms with Crippen LogP contribution in [0.4, 0.5) is 17.3 Å². The van der Waals surface area contributed by atoms with Crippen molar-refractivity contribution >= 4 is 29.7 Å². The number of benzene rings is 1. The number of aldehydes is 1. The molecule has 2 aromatic heterocycles. The predicted octanol–water partition coefficient (Wildman–Crippen LogP) is 2.99. The normalized spacial score (nSPS) is 17.2. The molecule has 5 rings (SSSR count). The van der Waals surface area contributed by atoms with Crippen molar-refractivity contribution in [3.63, 3.8) is 0 Å². The van der Waals surface area contributed by atoms with Crippen molar-refractivity contribution in [3.8, 4) is 11.3 Å². The molecule has 0 radical (unpaired) electrons. The standard InChI is InChI=1S/C25H26N6O2/c26-23-6-3-19(15-28-23)21-13-18-7-8-27-22(16-32)24(18)25(30-21)29-14-17-1-4-20(5-2-17)31-9-11-33-12-10-31/h1-8,13,15-16,22,27H,9-12,14H2,(H2,26,28)(H,29,30). The number of nitrogen functional groups attached to an aromatic ring is 1. The molecule has 1 aromatic carbocycles. The maximum absolute atomic E-state index is 11.7. The van der Waals surface area contributed by atoms with Gasteiger partial charge in [0.1, 0.15) is 24.0 Å². The van der Waals surface area contributed by atoms with Gasteiger partial charge < -0.3 is 30.8 Å². The molecule has 0 spiro atoms. The van der Waals surface area contributed by atoms with Crippen molar-refractivity contribution in [2.24, 2.45) is 0 Å². The largest absolute Gasteiger partial charge is 0.384 e. The number of rotatable bonds is 6. The smallest absolute Gasteiger partial charge is 0.146 e. The highest BCUT2D eigenvalue weighted by atomic mass is 16.5. The lowest BCUT2D eigenvalue weighted by molar-refractivity contribution is -0.109. The second kappa shape index (κ2) is 9.30. The van der Waals surface area contributed by atoms with E-state index in [1.54, 1.807) is 18.5 Å². The summed E-state index contributed by atoms with van der Waals surface area (Å²) in [6.45, 7) is 3.93. The zero-order valence-corrected chi connectivity index (χ0v) is 18.2. The molecule has 168 valence electrons. The summed E-state index contributed by atoms with van der Waals surface area (Å²) in [6.07, 6.45) is 6.35. The van der Waals surface area contributed by atoms with Crippen LogP contribution in [0.25, 0.3) is 17.3 Å². The Morgan fingerprint density at radius 1 is 1.18 bits per heavy atom. The summed E-state index contributed by atoms with van der Waals surface area (Å²) in [4.78, 5) is 23.1. The molecule has 0 amide bonds. The van der Waals surface area contributed by atoms with Gasteiger partial charge >= 0.3 is 0 Å². The summed E-state index contributed by atoms with van der Waals surface area (Å²) in [6, 6.07) is 13.7. The first kappa shape index (κ1) is 21.0. The second-order valence-electron chi connectivity index (χ2n) is 8.06. The Labute approximate surface area is 192 Å². The number of morpholine rings is 1. The third kappa shape index (κ3) is 4.51. The zero-order chi connectivity index (χ0) is 22.6. The number of pyridine rings is 2. The van der Waals surface area contributed by atoms with Crippen molar-refractivity contribution in [3.05, 3.63) is 71.6 Å². The highest BCUT2D eigenvalue weighted by molar-refractivity contribution is 5.78. The van der Waals surface area contributed by atoms with Crippen LogP contribution >= 0.6 is 0 Å². The van der Waals surface area contributed by atoms with Crippen molar-refractivity contribution in [2.75, 3.05) is 42.3 Å². The SMILES string of the molecule is Nc1ccc(-c2cc3c(c(NCc4ccc(N5CCOCC5)cc4)n2)C(C=O)NC=C3)cn1. The lowest BCUT2D eigenvalue weighted by Crippen LogP contribution is -2.36. The van der Waals surface area contributed by atoms with E-state index in [-0.39, 0.29) is 0 Å². The van der Waals surface area contributed by atoms with Gasteiger partial charge in [-0.1, -0.05) is 12.1 Å². The molecule has 2 aliphatic heterocycles. The fraction of sp³-hybridized carbons (Fsp3) is 0.240. The average molecular weight is 443 g/mol. The lowest BCUT2D eigenvalue weighted by Gasteiger charge is -2.29. The molecule has 1 atom stereocenters. The van der Waals surface area contributed by atoms with E-state index in [4.69, 9.17) is 15.5 Å². The molecule has 1 unspecified atom stereocenters. The predicted molar refractivity (Wildman–Crippen MR) is 130 cm³/mol. The van der Waals surface area contributed by atoms with Gasteiger partial charge in [-0.25, -0.2) is 9.97 Å². The number of carbonyl (C=O) groups excluding carboxylic acids is 1. The summed E-state index contributed by atoms with van der Waals surface area (Å²) in [5.41, 5.74) is 11.5. The van der Waals surface area contributed by atoms with Gasteiger partial charge in [-0.15, -0.1) is 0 Å². The fourth-order valence-corrected chi connectivity index (χ4v) is 4.14. The first-order chi connectivity index (χ1) is 16.2. The number of nitrogens with zero attached hydrogens (tertiary/aromatic N) is 3. The van der Waals surface area contributed by atoms with Gasteiger partial charge in [0.05, 0.1) is 18.9 Å². The molecule has 8 heteroatoms. The number of fused-ring (bicyclic) bond motifs is 1. The van der Waals surface area contributed by atoms with E-state index in [9.17, 15) is 4.79 Å². The van der Waals surface area contributed by atoms with E-state index in [0.29, 0.717) is 18.2 Å². The Morgan fingerprint density at radius 3 is 2.73 bits per heavy atom. The molecular weight excluding hydrogens is 416 g/mol. The summed E-state index contributed by atoms with van der Waals surface area (Å²) in [5, 5.41) is 6.55. The average Bonchev–Trinajstić information content (AvgIpc) is 2.88. The second-order valence-corrected chi connectivity index (χ2v) is 8.06. The van der Waals surface area contributed by atoms with Crippen LogP contribution in [-0.2, 0) is 16.1 Å². The molecule has 4 N–H and O–H groups in total. The Kier molecular flexibility index (Phi) is 5.91. The van der Waals surface area contributed by atoms with E-state index < -0.39 is 6.04 Å². The quantitative estimate of drug-likeness (QED) is 0.501. The molecular formula is C25H26N6O2. The van der Waals surface area contributed by atoms with Crippen LogP contribution in [-0.4, -0.2) is 42.6 Å². The monoisotopic (exact) mass is 442 g/mol. The van der Waals surface area contributed by atoms with Gasteiger partial charge in [-0.3, -0.25) is 0 Å². The van der Waals surface area contributed by atoms with Gasteiger partial charge in [0, 0.05) is 42.6 Å². The number of hydrogen-bond acceptors (Lipinski definition) is 8. The minimum Gasteiger partial charge on any atom is -0.384 e. The van der Waals surface area contributed by atoms with Gasteiger partial charge in [0.15, 0.2) is 0 Å². The first-order valence-corrected chi connectivity index (χ1v) is 11.0. The molecule has 1 fully saturated rings. The molecule has 33 heavy (non-hydrogen) atoms. The van der Waals surface area contributed by atoms with E-state index in [0.717, 1.165) is 60.5 Å². The van der Waals surface area contributed by atoms with Gasteiger partial charge in [-0.2, -0.15) is 0 Å². The molecule has 8 nitrogen and oxygen atoms in total. The van der Waals surface area contributed by atoms with Gasteiger partial charge in [0.25, 0.3) is 0 Å². The Morgan fingerprint density at radius 2 is 2.00 bits per heavy atom. The van der Waals surface area contributed by atoms with Gasteiger partial charge in [0.2, 0.25) is 0 Å². The summed E-state index contributed by atoms with van der Waals surface area (Å²) >= 11 is 0. The van der Waals surface area contributed by atoms with E-state index in [1.165, 1.54) is 5.69 Å². The van der Waals surface area contributed by atoms with Crippen LogP contribution in [0.2, 0.25) is 0 Å². The minimum atomic E-state index is -0.456. The number of hydrogen-bond donors (Lipinski definition) is 3. The summed E-state index contributed by atoms with van der Waals surface area (Å²) in [5.74, 6) is 1.13. The lowest BCUT2D eigenvalue weighted by atomic mass is 9.97. The molecule has 0 bridgehead atoms. The number of anilines is 3. The van der Waals surface area contributed by atoms with Gasteiger partial charge in [-0.05, 0) is 53.7 Å². The number of nitrogens with two attached hydrogens (primary N) is 1. The van der Waals surface area contributed by atoms with E-state index in [2.05, 4.69) is 44.8 Å². The molecule has 0 aliphatic carbocycles. The van der Waals surface area contributed by atoms with Crippen LogP contribution in [0.1, 0.15) is 22.7 Å². The van der Waals surface area contributed by atoms with Crippen molar-refractivity contribution in [1.29, 1.82) is 0 Å². The highest BCUT2D eigenvalue weighted by Gasteiger charge is 2.22. The van der Waals surface area contributed by atoms with Crippen molar-refractivity contribution < 1.29 is 9.53 Å². The molecule has 4 heterocycles. The third-order valence-electron chi connectivity index (χ3n) is 5.93.